The summed E-state index contributed by atoms with van der Waals surface area (Å²) < 4.78 is 18.7. The number of carbonyl (C=O) groups is 2. The lowest BCUT2D eigenvalue weighted by Gasteiger charge is -2.34. The molecular formula is C19H23FN4O4. The summed E-state index contributed by atoms with van der Waals surface area (Å²) in [6, 6.07) is 2.52. The maximum atomic E-state index is 13.7. The van der Waals surface area contributed by atoms with Gasteiger partial charge in [-0.05, 0) is 32.3 Å². The van der Waals surface area contributed by atoms with Crippen LogP contribution in [0.2, 0.25) is 0 Å². The highest BCUT2D eigenvalue weighted by molar-refractivity contribution is 5.94. The van der Waals surface area contributed by atoms with Gasteiger partial charge in [0.1, 0.15) is 11.5 Å². The van der Waals surface area contributed by atoms with E-state index < -0.39 is 23.9 Å². The summed E-state index contributed by atoms with van der Waals surface area (Å²) in [7, 11) is 1.68. The molecule has 2 amide bonds. The molecule has 2 aromatic heterocycles. The Bertz CT molecular complexity index is 856. The molecule has 1 aliphatic rings. The van der Waals surface area contributed by atoms with Gasteiger partial charge in [0.25, 0.3) is 5.91 Å². The summed E-state index contributed by atoms with van der Waals surface area (Å²) in [6.07, 6.45) is 2.57. The quantitative estimate of drug-likeness (QED) is 0.800. The molecule has 150 valence electrons. The molecule has 0 bridgehead atoms. The van der Waals surface area contributed by atoms with Crippen molar-refractivity contribution in [1.82, 2.24) is 20.4 Å². The predicted octanol–water partition coefficient (Wildman–Crippen LogP) is 1.44. The molecule has 0 saturated heterocycles. The molecule has 0 aliphatic heterocycles. The number of halogens is 1. The van der Waals surface area contributed by atoms with Gasteiger partial charge < -0.3 is 19.8 Å². The molecule has 3 atom stereocenters. The Hall–Kier alpha value is -2.81. The lowest BCUT2D eigenvalue weighted by molar-refractivity contribution is -0.137. The third kappa shape index (κ3) is 4.53. The SMILES string of the molecule is Cc1cc(CN(C)C(=O)[C@H]2CC[C@@H](NC(=O)c3ccncc3F)[C@H](O)C2)no1. The Labute approximate surface area is 161 Å². The van der Waals surface area contributed by atoms with E-state index in [1.165, 1.54) is 12.3 Å². The normalized spacial score (nSPS) is 21.9. The third-order valence-corrected chi connectivity index (χ3v) is 4.95. The zero-order chi connectivity index (χ0) is 20.3. The number of hydrogen-bond donors (Lipinski definition) is 2. The van der Waals surface area contributed by atoms with Crippen LogP contribution in [-0.4, -0.2) is 51.2 Å². The van der Waals surface area contributed by atoms with Crippen LogP contribution in [-0.2, 0) is 11.3 Å². The van der Waals surface area contributed by atoms with Gasteiger partial charge in [0, 0.05) is 25.2 Å². The predicted molar refractivity (Wildman–Crippen MR) is 96.5 cm³/mol. The third-order valence-electron chi connectivity index (χ3n) is 4.95. The number of hydrogen-bond acceptors (Lipinski definition) is 6. The first-order valence-electron chi connectivity index (χ1n) is 9.10. The van der Waals surface area contributed by atoms with Gasteiger partial charge in [-0.25, -0.2) is 4.39 Å². The second-order valence-corrected chi connectivity index (χ2v) is 7.14. The Morgan fingerprint density at radius 2 is 2.21 bits per heavy atom. The molecule has 0 spiro atoms. The molecule has 8 nitrogen and oxygen atoms in total. The highest BCUT2D eigenvalue weighted by Gasteiger charge is 2.35. The molecule has 1 fully saturated rings. The van der Waals surface area contributed by atoms with E-state index in [1.807, 2.05) is 0 Å². The zero-order valence-corrected chi connectivity index (χ0v) is 15.8. The molecule has 9 heteroatoms. The molecule has 0 unspecified atom stereocenters. The van der Waals surface area contributed by atoms with Crippen LogP contribution in [0.4, 0.5) is 4.39 Å². The molecule has 0 aromatic carbocycles. The minimum Gasteiger partial charge on any atom is -0.391 e. The molecule has 2 heterocycles. The molecular weight excluding hydrogens is 367 g/mol. The lowest BCUT2D eigenvalue weighted by atomic mass is 9.83. The van der Waals surface area contributed by atoms with Crippen molar-refractivity contribution in [2.75, 3.05) is 7.05 Å². The molecule has 28 heavy (non-hydrogen) atoms. The Balaban J connectivity index is 1.55. The second-order valence-electron chi connectivity index (χ2n) is 7.14. The molecule has 1 saturated carbocycles. The van der Waals surface area contributed by atoms with Crippen molar-refractivity contribution in [3.05, 3.63) is 47.4 Å². The number of aliphatic hydroxyl groups is 1. The van der Waals surface area contributed by atoms with Crippen molar-refractivity contribution in [2.24, 2.45) is 5.92 Å². The van der Waals surface area contributed by atoms with E-state index >= 15 is 0 Å². The van der Waals surface area contributed by atoms with E-state index in [2.05, 4.69) is 15.5 Å². The average molecular weight is 390 g/mol. The van der Waals surface area contributed by atoms with Crippen LogP contribution in [0.15, 0.2) is 29.0 Å². The van der Waals surface area contributed by atoms with Crippen molar-refractivity contribution in [1.29, 1.82) is 0 Å². The van der Waals surface area contributed by atoms with Gasteiger partial charge in [-0.2, -0.15) is 0 Å². The number of aliphatic hydroxyl groups excluding tert-OH is 1. The van der Waals surface area contributed by atoms with Crippen molar-refractivity contribution in [3.63, 3.8) is 0 Å². The van der Waals surface area contributed by atoms with E-state index in [9.17, 15) is 19.1 Å². The first-order chi connectivity index (χ1) is 13.3. The number of aromatic nitrogens is 2. The van der Waals surface area contributed by atoms with Gasteiger partial charge in [0.15, 0.2) is 5.82 Å². The molecule has 0 radical (unpaired) electrons. The van der Waals surface area contributed by atoms with Crippen LogP contribution in [0.5, 0.6) is 0 Å². The smallest absolute Gasteiger partial charge is 0.254 e. The van der Waals surface area contributed by atoms with E-state index in [4.69, 9.17) is 4.52 Å². The Kier molecular flexibility index (Phi) is 6.03. The zero-order valence-electron chi connectivity index (χ0n) is 15.8. The van der Waals surface area contributed by atoms with Gasteiger partial charge in [0.2, 0.25) is 5.91 Å². The topological polar surface area (TPSA) is 109 Å². The van der Waals surface area contributed by atoms with Crippen molar-refractivity contribution in [3.8, 4) is 0 Å². The standard InChI is InChI=1S/C19H23FN4O4/c1-11-7-13(23-28-11)10-24(2)19(27)12-3-4-16(17(25)8-12)22-18(26)14-5-6-21-9-15(14)20/h5-7,9,12,16-17,25H,3-4,8,10H2,1-2H3,(H,22,26)/t12-,16+,17+/m0/s1. The van der Waals surface area contributed by atoms with Gasteiger partial charge >= 0.3 is 0 Å². The Morgan fingerprint density at radius 3 is 2.86 bits per heavy atom. The monoisotopic (exact) mass is 390 g/mol. The number of amides is 2. The fraction of sp³-hybridized carbons (Fsp3) is 0.474. The fourth-order valence-corrected chi connectivity index (χ4v) is 3.47. The van der Waals surface area contributed by atoms with Crippen LogP contribution in [0.25, 0.3) is 0 Å². The van der Waals surface area contributed by atoms with Gasteiger partial charge in [0.05, 0.1) is 30.5 Å². The first-order valence-corrected chi connectivity index (χ1v) is 9.10. The summed E-state index contributed by atoms with van der Waals surface area (Å²) in [6.45, 7) is 2.10. The summed E-state index contributed by atoms with van der Waals surface area (Å²) in [5.41, 5.74) is 0.539. The fourth-order valence-electron chi connectivity index (χ4n) is 3.47. The van der Waals surface area contributed by atoms with Crippen LogP contribution in [0, 0.1) is 18.7 Å². The Morgan fingerprint density at radius 1 is 1.43 bits per heavy atom. The summed E-state index contributed by atoms with van der Waals surface area (Å²) in [5, 5.41) is 16.9. The highest BCUT2D eigenvalue weighted by atomic mass is 19.1. The molecule has 2 N–H and O–H groups in total. The van der Waals surface area contributed by atoms with E-state index in [0.717, 1.165) is 6.20 Å². The molecule has 1 aliphatic carbocycles. The summed E-state index contributed by atoms with van der Waals surface area (Å²) >= 11 is 0. The van der Waals surface area contributed by atoms with Crippen LogP contribution < -0.4 is 5.32 Å². The van der Waals surface area contributed by atoms with Gasteiger partial charge in [-0.1, -0.05) is 5.16 Å². The van der Waals surface area contributed by atoms with Crippen LogP contribution in [0.1, 0.15) is 41.1 Å². The first kappa shape index (κ1) is 19.9. The van der Waals surface area contributed by atoms with Crippen LogP contribution >= 0.6 is 0 Å². The number of carbonyl (C=O) groups excluding carboxylic acids is 2. The maximum Gasteiger partial charge on any atom is 0.254 e. The summed E-state index contributed by atoms with van der Waals surface area (Å²) in [5.74, 6) is -1.09. The minimum atomic E-state index is -0.890. The molecule has 2 aromatic rings. The van der Waals surface area contributed by atoms with E-state index in [1.54, 1.807) is 24.9 Å². The van der Waals surface area contributed by atoms with Gasteiger partial charge in [-0.3, -0.25) is 14.6 Å². The maximum absolute atomic E-state index is 13.7. The van der Waals surface area contributed by atoms with Gasteiger partial charge in [-0.15, -0.1) is 0 Å². The highest BCUT2D eigenvalue weighted by Crippen LogP contribution is 2.27. The average Bonchev–Trinajstić information content (AvgIpc) is 3.07. The van der Waals surface area contributed by atoms with Crippen molar-refractivity contribution in [2.45, 2.75) is 44.9 Å². The second kappa shape index (κ2) is 8.47. The van der Waals surface area contributed by atoms with Crippen LogP contribution in [0.3, 0.4) is 0 Å². The number of rotatable bonds is 5. The number of nitrogens with zero attached hydrogens (tertiary/aromatic N) is 3. The number of aryl methyl sites for hydroxylation is 1. The van der Waals surface area contributed by atoms with Crippen molar-refractivity contribution < 1.29 is 23.6 Å². The molecule has 3 rings (SSSR count). The minimum absolute atomic E-state index is 0.0929. The van der Waals surface area contributed by atoms with E-state index in [0.29, 0.717) is 30.8 Å². The summed E-state index contributed by atoms with van der Waals surface area (Å²) in [4.78, 5) is 30.1. The largest absolute Gasteiger partial charge is 0.391 e. The number of nitrogens with one attached hydrogen (secondary N) is 1. The van der Waals surface area contributed by atoms with Crippen molar-refractivity contribution >= 4 is 11.8 Å². The number of pyridine rings is 1. The lowest BCUT2D eigenvalue weighted by Crippen LogP contribution is -2.49. The van der Waals surface area contributed by atoms with E-state index in [-0.39, 0.29) is 23.8 Å².